The number of ether oxygens (including phenoxy) is 2. The fraction of sp³-hybridized carbons (Fsp3) is 0.467. The molecule has 0 unspecified atom stereocenters. The van der Waals surface area contributed by atoms with Crippen LogP contribution in [0.3, 0.4) is 0 Å². The maximum absolute atomic E-state index is 11.6. The van der Waals surface area contributed by atoms with Crippen LogP contribution < -0.4 is 4.74 Å². The Balaban J connectivity index is 1.89. The van der Waals surface area contributed by atoms with Gasteiger partial charge in [-0.2, -0.15) is 0 Å². The molecule has 2 aliphatic carbocycles. The molecule has 0 aliphatic heterocycles. The Morgan fingerprint density at radius 1 is 1.20 bits per heavy atom. The van der Waals surface area contributed by atoms with Gasteiger partial charge in [0, 0.05) is 11.1 Å². The van der Waals surface area contributed by atoms with Gasteiger partial charge in [-0.1, -0.05) is 0 Å². The van der Waals surface area contributed by atoms with Crippen LogP contribution in [0.5, 0.6) is 11.5 Å². The number of hydrogen-bond acceptors (Lipinski definition) is 5. The van der Waals surface area contributed by atoms with E-state index in [-0.39, 0.29) is 12.4 Å². The van der Waals surface area contributed by atoms with Gasteiger partial charge in [-0.3, -0.25) is 0 Å². The third-order valence-corrected chi connectivity index (χ3v) is 4.12. The van der Waals surface area contributed by atoms with Crippen LogP contribution in [-0.2, 0) is 14.3 Å². The van der Waals surface area contributed by atoms with Crippen molar-refractivity contribution in [2.75, 3.05) is 6.61 Å². The molecule has 2 aliphatic rings. The van der Waals surface area contributed by atoms with Gasteiger partial charge in [0.05, 0.1) is 6.61 Å². The second kappa shape index (κ2) is 4.81. The van der Waals surface area contributed by atoms with Crippen molar-refractivity contribution in [3.8, 4) is 11.5 Å². The van der Waals surface area contributed by atoms with E-state index in [1.54, 1.807) is 13.0 Å². The highest BCUT2D eigenvalue weighted by molar-refractivity contribution is 6.30. The molecule has 3 rings (SSSR count). The van der Waals surface area contributed by atoms with Crippen LogP contribution in [0.2, 0.25) is 0 Å². The topological polar surface area (TPSA) is 72.8 Å². The molecule has 5 nitrogen and oxygen atoms in total. The fourth-order valence-corrected chi connectivity index (χ4v) is 3.38. The zero-order chi connectivity index (χ0) is 14.3. The molecule has 0 heterocycles. The largest absolute Gasteiger partial charge is 0.508 e. The van der Waals surface area contributed by atoms with Crippen molar-refractivity contribution in [3.05, 3.63) is 23.3 Å². The summed E-state index contributed by atoms with van der Waals surface area (Å²) < 4.78 is 9.77. The molecule has 20 heavy (non-hydrogen) atoms. The summed E-state index contributed by atoms with van der Waals surface area (Å²) in [6, 6.07) is 3.07. The molecule has 0 amide bonds. The van der Waals surface area contributed by atoms with Crippen molar-refractivity contribution in [1.82, 2.24) is 0 Å². The van der Waals surface area contributed by atoms with E-state index in [9.17, 15) is 14.7 Å². The number of phenolic OH excluding ortho intramolecular Hbond substituents is 1. The summed E-state index contributed by atoms with van der Waals surface area (Å²) in [5, 5.41) is 9.97. The van der Waals surface area contributed by atoms with Crippen LogP contribution in [-0.4, -0.2) is 23.7 Å². The molecule has 2 bridgehead atoms. The molecule has 1 aromatic carbocycles. The number of esters is 2. The fourth-order valence-electron chi connectivity index (χ4n) is 3.38. The van der Waals surface area contributed by atoms with Crippen LogP contribution in [0.4, 0.5) is 0 Å². The van der Waals surface area contributed by atoms with Crippen molar-refractivity contribution < 1.29 is 24.2 Å². The first-order valence-corrected chi connectivity index (χ1v) is 6.86. The molecule has 1 saturated carbocycles. The Morgan fingerprint density at radius 2 is 1.90 bits per heavy atom. The minimum atomic E-state index is -1.01. The van der Waals surface area contributed by atoms with Gasteiger partial charge in [-0.05, 0) is 50.2 Å². The van der Waals surface area contributed by atoms with E-state index in [1.165, 1.54) is 6.07 Å². The Bertz CT molecular complexity index is 578. The van der Waals surface area contributed by atoms with E-state index in [2.05, 4.69) is 4.74 Å². The number of rotatable bonds is 2. The molecule has 2 atom stereocenters. The van der Waals surface area contributed by atoms with Gasteiger partial charge in [-0.15, -0.1) is 0 Å². The van der Waals surface area contributed by atoms with Crippen molar-refractivity contribution in [2.45, 2.75) is 38.0 Å². The van der Waals surface area contributed by atoms with Gasteiger partial charge in [0.15, 0.2) is 0 Å². The summed E-state index contributed by atoms with van der Waals surface area (Å²) in [6.07, 6.45) is 3.07. The summed E-state index contributed by atoms with van der Waals surface area (Å²) >= 11 is 0. The molecule has 0 aromatic heterocycles. The normalized spacial score (nSPS) is 22.4. The smallest absolute Gasteiger partial charge is 0.422 e. The third-order valence-electron chi connectivity index (χ3n) is 4.12. The Hall–Kier alpha value is -2.04. The third kappa shape index (κ3) is 1.94. The maximum atomic E-state index is 11.6. The van der Waals surface area contributed by atoms with E-state index in [1.807, 2.05) is 0 Å². The van der Waals surface area contributed by atoms with Gasteiger partial charge in [0.25, 0.3) is 0 Å². The van der Waals surface area contributed by atoms with E-state index >= 15 is 0 Å². The number of aromatic hydroxyl groups is 1. The summed E-state index contributed by atoms with van der Waals surface area (Å²) in [5.41, 5.74) is 1.77. The molecule has 0 spiro atoms. The number of benzene rings is 1. The lowest BCUT2D eigenvalue weighted by atomic mass is 9.90. The molecule has 0 saturated heterocycles. The van der Waals surface area contributed by atoms with Gasteiger partial charge < -0.3 is 14.6 Å². The van der Waals surface area contributed by atoms with Crippen LogP contribution in [0, 0.1) is 0 Å². The van der Waals surface area contributed by atoms with Crippen LogP contribution in [0.25, 0.3) is 0 Å². The number of carbonyl (C=O) groups excluding carboxylic acids is 2. The van der Waals surface area contributed by atoms with E-state index in [0.29, 0.717) is 17.6 Å². The van der Waals surface area contributed by atoms with Crippen molar-refractivity contribution in [2.24, 2.45) is 0 Å². The minimum Gasteiger partial charge on any atom is -0.508 e. The molecule has 1 aromatic rings. The quantitative estimate of drug-likeness (QED) is 0.509. The van der Waals surface area contributed by atoms with Gasteiger partial charge in [-0.25, -0.2) is 9.59 Å². The number of hydrogen-bond donors (Lipinski definition) is 1. The predicted octanol–water partition coefficient (Wildman–Crippen LogP) is 2.23. The van der Waals surface area contributed by atoms with Crippen molar-refractivity contribution >= 4 is 11.9 Å². The van der Waals surface area contributed by atoms with Gasteiger partial charge in [0.1, 0.15) is 11.5 Å². The second-order valence-corrected chi connectivity index (χ2v) is 5.23. The summed E-state index contributed by atoms with van der Waals surface area (Å²) in [4.78, 5) is 23.0. The number of fused-ring (bicyclic) bond motifs is 5. The molecule has 5 heteroatoms. The molecular formula is C15H16O5. The van der Waals surface area contributed by atoms with Gasteiger partial charge in [0.2, 0.25) is 0 Å². The number of phenols is 1. The van der Waals surface area contributed by atoms with Crippen molar-refractivity contribution in [3.63, 3.8) is 0 Å². The first-order chi connectivity index (χ1) is 9.61. The SMILES string of the molecule is CCOC(=O)C(=O)Oc1ccc(O)c2c1[C@@H]1CC[C@H]2C1. The maximum Gasteiger partial charge on any atom is 0.422 e. The highest BCUT2D eigenvalue weighted by Crippen LogP contribution is 2.58. The average Bonchev–Trinajstić information content (AvgIpc) is 3.03. The predicted molar refractivity (Wildman–Crippen MR) is 69.7 cm³/mol. The highest BCUT2D eigenvalue weighted by Gasteiger charge is 2.41. The molecule has 0 radical (unpaired) electrons. The molecule has 1 fully saturated rings. The van der Waals surface area contributed by atoms with E-state index < -0.39 is 11.9 Å². The zero-order valence-electron chi connectivity index (χ0n) is 11.2. The number of carbonyl (C=O) groups is 2. The van der Waals surface area contributed by atoms with Crippen molar-refractivity contribution in [1.29, 1.82) is 0 Å². The van der Waals surface area contributed by atoms with E-state index in [0.717, 1.165) is 30.4 Å². The highest BCUT2D eigenvalue weighted by atomic mass is 16.6. The van der Waals surface area contributed by atoms with Crippen LogP contribution in [0.15, 0.2) is 12.1 Å². The Labute approximate surface area is 116 Å². The minimum absolute atomic E-state index is 0.131. The van der Waals surface area contributed by atoms with Gasteiger partial charge >= 0.3 is 11.9 Å². The summed E-state index contributed by atoms with van der Waals surface area (Å²) in [7, 11) is 0. The second-order valence-electron chi connectivity index (χ2n) is 5.23. The lowest BCUT2D eigenvalue weighted by molar-refractivity contribution is -0.161. The first kappa shape index (κ1) is 13.0. The Morgan fingerprint density at radius 3 is 2.60 bits per heavy atom. The summed E-state index contributed by atoms with van der Waals surface area (Å²) in [6.45, 7) is 1.76. The average molecular weight is 276 g/mol. The van der Waals surface area contributed by atoms with Crippen LogP contribution in [0.1, 0.15) is 49.1 Å². The molecule has 106 valence electrons. The van der Waals surface area contributed by atoms with E-state index in [4.69, 9.17) is 4.74 Å². The first-order valence-electron chi connectivity index (χ1n) is 6.86. The Kier molecular flexibility index (Phi) is 3.12. The van der Waals surface area contributed by atoms with Crippen LogP contribution >= 0.6 is 0 Å². The standard InChI is InChI=1S/C15H16O5/c1-2-19-14(17)15(18)20-11-6-5-10(16)12-8-3-4-9(7-8)13(11)12/h5-6,8-9,16H,2-4,7H2,1H3/t8-,9+/m0/s1. The summed E-state index contributed by atoms with van der Waals surface area (Å²) in [5.74, 6) is -0.713. The lowest BCUT2D eigenvalue weighted by Crippen LogP contribution is -2.23. The zero-order valence-corrected chi connectivity index (χ0v) is 11.2. The molecule has 1 N–H and O–H groups in total. The monoisotopic (exact) mass is 276 g/mol. The molecular weight excluding hydrogens is 260 g/mol. The lowest BCUT2D eigenvalue weighted by Gasteiger charge is -2.19.